The number of hydrogen-bond acceptors (Lipinski definition) is 1. The molecule has 0 aliphatic carbocycles. The van der Waals surface area contributed by atoms with E-state index in [1.165, 1.54) is 12.1 Å². The highest BCUT2D eigenvalue weighted by atomic mass is 35.5. The van der Waals surface area contributed by atoms with Gasteiger partial charge in [0.05, 0.1) is 0 Å². The van der Waals surface area contributed by atoms with Crippen molar-refractivity contribution in [1.29, 1.82) is 0 Å². The van der Waals surface area contributed by atoms with E-state index in [2.05, 4.69) is 5.32 Å². The first-order valence-corrected chi connectivity index (χ1v) is 8.32. The summed E-state index contributed by atoms with van der Waals surface area (Å²) in [6, 6.07) is 9.74. The highest BCUT2D eigenvalue weighted by molar-refractivity contribution is 6.35. The van der Waals surface area contributed by atoms with E-state index >= 15 is 0 Å². The molecule has 0 radical (unpaired) electrons. The molecule has 0 aliphatic heterocycles. The summed E-state index contributed by atoms with van der Waals surface area (Å²) in [4.78, 5) is 0. The third-order valence-corrected chi connectivity index (χ3v) is 4.24. The van der Waals surface area contributed by atoms with Crippen LogP contribution in [0.1, 0.15) is 24.5 Å². The summed E-state index contributed by atoms with van der Waals surface area (Å²) >= 11 is 12.0. The van der Waals surface area contributed by atoms with Gasteiger partial charge >= 0.3 is 0 Å². The third kappa shape index (κ3) is 5.76. The van der Waals surface area contributed by atoms with Crippen molar-refractivity contribution >= 4 is 23.2 Å². The van der Waals surface area contributed by atoms with E-state index in [0.29, 0.717) is 16.5 Å². The maximum absolute atomic E-state index is 13.2. The van der Waals surface area contributed by atoms with Crippen molar-refractivity contribution in [2.24, 2.45) is 0 Å². The molecule has 1 atom stereocenters. The minimum atomic E-state index is -0.811. The Bertz CT molecular complexity index is 661. The fourth-order valence-electron chi connectivity index (χ4n) is 2.44. The lowest BCUT2D eigenvalue weighted by Crippen LogP contribution is -2.29. The van der Waals surface area contributed by atoms with Gasteiger partial charge in [0.1, 0.15) is 0 Å². The molecular weight excluding hydrogens is 339 g/mol. The number of nitrogens with one attached hydrogen (secondary N) is 1. The Labute approximate surface area is 145 Å². The molecule has 1 unspecified atom stereocenters. The Hall–Kier alpha value is -1.16. The van der Waals surface area contributed by atoms with Crippen molar-refractivity contribution in [3.63, 3.8) is 0 Å². The van der Waals surface area contributed by atoms with Crippen LogP contribution < -0.4 is 5.32 Å². The molecule has 0 heterocycles. The quantitative estimate of drug-likeness (QED) is 0.651. The van der Waals surface area contributed by atoms with Crippen LogP contribution in [0.3, 0.4) is 0 Å². The van der Waals surface area contributed by atoms with Gasteiger partial charge in [-0.05, 0) is 68.1 Å². The topological polar surface area (TPSA) is 12.0 Å². The lowest BCUT2D eigenvalue weighted by molar-refractivity contribution is 0.501. The standard InChI is InChI=1S/C18H19Cl2F2N/c1-12(9-13-4-7-17(21)18(22)10-13)23-8-2-3-14-5-6-15(19)11-16(14)20/h4-7,10-12,23H,2-3,8-9H2,1H3. The van der Waals surface area contributed by atoms with Crippen LogP contribution in [-0.2, 0) is 12.8 Å². The Balaban J connectivity index is 1.74. The SMILES string of the molecule is CC(Cc1ccc(F)c(F)c1)NCCCc1ccc(Cl)cc1Cl. The molecule has 2 rings (SSSR count). The van der Waals surface area contributed by atoms with Gasteiger partial charge in [-0.2, -0.15) is 0 Å². The zero-order valence-corrected chi connectivity index (χ0v) is 14.4. The van der Waals surface area contributed by atoms with Gasteiger partial charge in [-0.3, -0.25) is 0 Å². The summed E-state index contributed by atoms with van der Waals surface area (Å²) in [5, 5.41) is 4.70. The first-order valence-electron chi connectivity index (χ1n) is 7.57. The van der Waals surface area contributed by atoms with Crippen LogP contribution in [0.4, 0.5) is 8.78 Å². The molecule has 23 heavy (non-hydrogen) atoms. The van der Waals surface area contributed by atoms with Gasteiger partial charge in [0, 0.05) is 16.1 Å². The molecule has 2 aromatic carbocycles. The smallest absolute Gasteiger partial charge is 0.159 e. The summed E-state index contributed by atoms with van der Waals surface area (Å²) in [7, 11) is 0. The molecule has 0 saturated carbocycles. The largest absolute Gasteiger partial charge is 0.314 e. The maximum atomic E-state index is 13.2. The molecule has 0 spiro atoms. The Morgan fingerprint density at radius 1 is 1.04 bits per heavy atom. The van der Waals surface area contributed by atoms with E-state index in [9.17, 15) is 8.78 Å². The van der Waals surface area contributed by atoms with Crippen LogP contribution >= 0.6 is 23.2 Å². The molecular formula is C18H19Cl2F2N. The number of benzene rings is 2. The van der Waals surface area contributed by atoms with Crippen LogP contribution in [0.2, 0.25) is 10.0 Å². The molecule has 1 N–H and O–H groups in total. The first-order chi connectivity index (χ1) is 11.0. The second-order valence-electron chi connectivity index (χ2n) is 5.65. The van der Waals surface area contributed by atoms with Gasteiger partial charge < -0.3 is 5.32 Å². The van der Waals surface area contributed by atoms with Gasteiger partial charge in [0.25, 0.3) is 0 Å². The molecule has 0 fully saturated rings. The predicted octanol–water partition coefficient (Wildman–Crippen LogP) is 5.43. The van der Waals surface area contributed by atoms with Crippen LogP contribution in [-0.4, -0.2) is 12.6 Å². The van der Waals surface area contributed by atoms with Gasteiger partial charge in [-0.1, -0.05) is 35.3 Å². The van der Waals surface area contributed by atoms with E-state index in [1.54, 1.807) is 12.1 Å². The van der Waals surface area contributed by atoms with E-state index in [0.717, 1.165) is 30.5 Å². The number of aryl methyl sites for hydroxylation is 1. The third-order valence-electron chi connectivity index (χ3n) is 3.66. The summed E-state index contributed by atoms with van der Waals surface area (Å²) in [5.74, 6) is -1.61. The van der Waals surface area contributed by atoms with Crippen molar-refractivity contribution in [2.45, 2.75) is 32.2 Å². The fourth-order valence-corrected chi connectivity index (χ4v) is 2.95. The molecule has 0 aromatic heterocycles. The van der Waals surface area contributed by atoms with E-state index < -0.39 is 11.6 Å². The average molecular weight is 358 g/mol. The Morgan fingerprint density at radius 3 is 2.52 bits per heavy atom. The number of halogens is 4. The molecule has 124 valence electrons. The minimum absolute atomic E-state index is 0.181. The predicted molar refractivity (Wildman–Crippen MR) is 92.3 cm³/mol. The van der Waals surface area contributed by atoms with E-state index in [-0.39, 0.29) is 6.04 Å². The van der Waals surface area contributed by atoms with Crippen LogP contribution in [0.25, 0.3) is 0 Å². The fraction of sp³-hybridized carbons (Fsp3) is 0.333. The van der Waals surface area contributed by atoms with Crippen molar-refractivity contribution in [1.82, 2.24) is 5.32 Å². The highest BCUT2D eigenvalue weighted by Gasteiger charge is 2.07. The lowest BCUT2D eigenvalue weighted by Gasteiger charge is -2.14. The maximum Gasteiger partial charge on any atom is 0.159 e. The van der Waals surface area contributed by atoms with Crippen molar-refractivity contribution in [2.75, 3.05) is 6.54 Å². The Morgan fingerprint density at radius 2 is 1.83 bits per heavy atom. The zero-order chi connectivity index (χ0) is 16.8. The summed E-state index contributed by atoms with van der Waals surface area (Å²) in [6.45, 7) is 2.85. The lowest BCUT2D eigenvalue weighted by atomic mass is 10.1. The van der Waals surface area contributed by atoms with Crippen molar-refractivity contribution in [3.05, 3.63) is 69.2 Å². The van der Waals surface area contributed by atoms with Crippen molar-refractivity contribution < 1.29 is 8.78 Å². The van der Waals surface area contributed by atoms with E-state index in [4.69, 9.17) is 23.2 Å². The zero-order valence-electron chi connectivity index (χ0n) is 12.9. The monoisotopic (exact) mass is 357 g/mol. The minimum Gasteiger partial charge on any atom is -0.314 e. The van der Waals surface area contributed by atoms with Crippen LogP contribution in [0, 0.1) is 11.6 Å². The van der Waals surface area contributed by atoms with Gasteiger partial charge in [-0.15, -0.1) is 0 Å². The molecule has 2 aromatic rings. The Kier molecular flexibility index (Phi) is 6.82. The second-order valence-corrected chi connectivity index (χ2v) is 6.49. The molecule has 0 aliphatic rings. The number of hydrogen-bond donors (Lipinski definition) is 1. The molecule has 0 saturated heterocycles. The van der Waals surface area contributed by atoms with Crippen LogP contribution in [0.5, 0.6) is 0 Å². The molecule has 0 amide bonds. The second kappa shape index (κ2) is 8.62. The van der Waals surface area contributed by atoms with E-state index in [1.807, 2.05) is 19.1 Å². The molecule has 5 heteroatoms. The average Bonchev–Trinajstić information content (AvgIpc) is 2.49. The summed E-state index contributed by atoms with van der Waals surface area (Å²) in [6.07, 6.45) is 2.45. The van der Waals surface area contributed by atoms with Crippen molar-refractivity contribution in [3.8, 4) is 0 Å². The van der Waals surface area contributed by atoms with Crippen LogP contribution in [0.15, 0.2) is 36.4 Å². The summed E-state index contributed by atoms with van der Waals surface area (Å²) < 4.78 is 26.1. The summed E-state index contributed by atoms with van der Waals surface area (Å²) in [5.41, 5.74) is 1.86. The van der Waals surface area contributed by atoms with Gasteiger partial charge in [0.15, 0.2) is 11.6 Å². The normalized spacial score (nSPS) is 12.4. The highest BCUT2D eigenvalue weighted by Crippen LogP contribution is 2.21. The van der Waals surface area contributed by atoms with Gasteiger partial charge in [0.2, 0.25) is 0 Å². The molecule has 0 bridgehead atoms. The number of rotatable bonds is 7. The first kappa shape index (κ1) is 18.2. The molecule has 1 nitrogen and oxygen atoms in total. The van der Waals surface area contributed by atoms with Gasteiger partial charge in [-0.25, -0.2) is 8.78 Å².